The van der Waals surface area contributed by atoms with Gasteiger partial charge in [-0.25, -0.2) is 0 Å². The quantitative estimate of drug-likeness (QED) is 0.482. The fourth-order valence-corrected chi connectivity index (χ4v) is 4.75. The molecule has 0 radical (unpaired) electrons. The number of pyridine rings is 1. The number of amides is 1. The van der Waals surface area contributed by atoms with E-state index in [1.165, 1.54) is 43.9 Å². The number of ether oxygens (including phenoxy) is 1. The number of carbonyl (C=O) groups is 1. The van der Waals surface area contributed by atoms with Gasteiger partial charge in [0.05, 0.1) is 12.4 Å². The van der Waals surface area contributed by atoms with Crippen molar-refractivity contribution in [3.63, 3.8) is 0 Å². The fourth-order valence-electron chi connectivity index (χ4n) is 3.97. The zero-order valence-corrected chi connectivity index (χ0v) is 19.2. The van der Waals surface area contributed by atoms with Crippen LogP contribution in [0.1, 0.15) is 39.0 Å². The molecule has 1 amide bonds. The first-order chi connectivity index (χ1) is 15.7. The van der Waals surface area contributed by atoms with Gasteiger partial charge in [-0.15, -0.1) is 10.2 Å². The fraction of sp³-hybridized carbons (Fsp3) is 0.417. The van der Waals surface area contributed by atoms with Gasteiger partial charge < -0.3 is 10.1 Å². The van der Waals surface area contributed by atoms with E-state index in [1.54, 1.807) is 12.4 Å². The largest absolute Gasteiger partial charge is 0.494 e. The maximum absolute atomic E-state index is 12.5. The molecular formula is C24H29N5O2S. The lowest BCUT2D eigenvalue weighted by atomic mass is 9.89. The van der Waals surface area contributed by atoms with Gasteiger partial charge in [0.15, 0.2) is 11.0 Å². The van der Waals surface area contributed by atoms with E-state index < -0.39 is 0 Å². The number of rotatable bonds is 9. The highest BCUT2D eigenvalue weighted by atomic mass is 32.2. The number of carbonyl (C=O) groups excluding carboxylic acids is 1. The highest BCUT2D eigenvalue weighted by Gasteiger charge is 2.18. The first-order valence-electron chi connectivity index (χ1n) is 11.2. The number of hydrogen-bond donors (Lipinski definition) is 1. The third-order valence-corrected chi connectivity index (χ3v) is 6.55. The van der Waals surface area contributed by atoms with E-state index in [0.717, 1.165) is 23.5 Å². The number of aromatic nitrogens is 4. The molecule has 32 heavy (non-hydrogen) atoms. The Labute approximate surface area is 193 Å². The molecule has 168 valence electrons. The van der Waals surface area contributed by atoms with Gasteiger partial charge in [0, 0.05) is 30.2 Å². The highest BCUT2D eigenvalue weighted by molar-refractivity contribution is 7.99. The van der Waals surface area contributed by atoms with E-state index >= 15 is 0 Å². The van der Waals surface area contributed by atoms with Gasteiger partial charge in [-0.2, -0.15) is 0 Å². The first kappa shape index (κ1) is 22.3. The second kappa shape index (κ2) is 11.1. The van der Waals surface area contributed by atoms with Crippen LogP contribution >= 0.6 is 11.8 Å². The van der Waals surface area contributed by atoms with Gasteiger partial charge in [0.1, 0.15) is 5.75 Å². The van der Waals surface area contributed by atoms with E-state index in [-0.39, 0.29) is 5.91 Å². The molecule has 1 N–H and O–H groups in total. The topological polar surface area (TPSA) is 81.9 Å². The van der Waals surface area contributed by atoms with Crippen LogP contribution < -0.4 is 10.1 Å². The van der Waals surface area contributed by atoms with Crippen LogP contribution in [0.25, 0.3) is 17.1 Å². The third kappa shape index (κ3) is 5.68. The number of hydrogen-bond acceptors (Lipinski definition) is 6. The summed E-state index contributed by atoms with van der Waals surface area (Å²) in [5.41, 5.74) is 1.82. The van der Waals surface area contributed by atoms with E-state index in [4.69, 9.17) is 4.74 Å². The molecule has 4 rings (SSSR count). The van der Waals surface area contributed by atoms with Crippen LogP contribution in [0.2, 0.25) is 0 Å². The maximum atomic E-state index is 12.5. The molecule has 0 spiro atoms. The Morgan fingerprint density at radius 3 is 2.56 bits per heavy atom. The van der Waals surface area contributed by atoms with Crippen LogP contribution in [0.5, 0.6) is 5.75 Å². The smallest absolute Gasteiger partial charge is 0.230 e. The molecule has 1 aliphatic carbocycles. The summed E-state index contributed by atoms with van der Waals surface area (Å²) in [6.45, 7) is 3.35. The summed E-state index contributed by atoms with van der Waals surface area (Å²) >= 11 is 1.40. The minimum atomic E-state index is 0.0345. The second-order valence-electron chi connectivity index (χ2n) is 7.90. The average molecular weight is 452 g/mol. The molecule has 1 aromatic carbocycles. The summed E-state index contributed by atoms with van der Waals surface area (Å²) in [7, 11) is 0. The molecule has 1 fully saturated rings. The second-order valence-corrected chi connectivity index (χ2v) is 8.84. The Hall–Kier alpha value is -2.87. The van der Waals surface area contributed by atoms with Crippen molar-refractivity contribution >= 4 is 17.7 Å². The standard InChI is InChI=1S/C24H29N5O2S/c1-2-31-21-10-8-20(9-11-21)29-23(19-12-14-25-15-13-19)27-28-24(29)32-17-22(30)26-16-18-6-4-3-5-7-18/h8-15,18H,2-7,16-17H2,1H3,(H,26,30). The average Bonchev–Trinajstić information content (AvgIpc) is 3.27. The Kier molecular flexibility index (Phi) is 7.77. The van der Waals surface area contributed by atoms with Gasteiger partial charge >= 0.3 is 0 Å². The zero-order valence-electron chi connectivity index (χ0n) is 18.4. The summed E-state index contributed by atoms with van der Waals surface area (Å²) in [4.78, 5) is 16.6. The molecule has 0 aliphatic heterocycles. The summed E-state index contributed by atoms with van der Waals surface area (Å²) < 4.78 is 7.55. The maximum Gasteiger partial charge on any atom is 0.230 e. The van der Waals surface area contributed by atoms with E-state index in [2.05, 4.69) is 20.5 Å². The van der Waals surface area contributed by atoms with E-state index in [1.807, 2.05) is 47.9 Å². The molecular weight excluding hydrogens is 422 g/mol. The monoisotopic (exact) mass is 451 g/mol. The lowest BCUT2D eigenvalue weighted by molar-refractivity contribution is -0.118. The Balaban J connectivity index is 1.50. The SMILES string of the molecule is CCOc1ccc(-n2c(SCC(=O)NCC3CCCCC3)nnc2-c2ccncc2)cc1. The number of benzene rings is 1. The van der Waals surface area contributed by atoms with Crippen molar-refractivity contribution in [3.8, 4) is 22.8 Å². The third-order valence-electron chi connectivity index (χ3n) is 5.62. The predicted molar refractivity (Wildman–Crippen MR) is 126 cm³/mol. The normalized spacial score (nSPS) is 14.3. The van der Waals surface area contributed by atoms with Gasteiger partial charge in [-0.05, 0) is 62.1 Å². The molecule has 0 saturated heterocycles. The summed E-state index contributed by atoms with van der Waals surface area (Å²) in [5, 5.41) is 12.6. The van der Waals surface area contributed by atoms with Gasteiger partial charge in [0.2, 0.25) is 5.91 Å². The minimum Gasteiger partial charge on any atom is -0.494 e. The Morgan fingerprint density at radius 2 is 1.84 bits per heavy atom. The van der Waals surface area contributed by atoms with Crippen molar-refractivity contribution in [1.82, 2.24) is 25.1 Å². The van der Waals surface area contributed by atoms with E-state index in [9.17, 15) is 4.79 Å². The number of nitrogens with one attached hydrogen (secondary N) is 1. The van der Waals surface area contributed by atoms with E-state index in [0.29, 0.717) is 29.3 Å². The van der Waals surface area contributed by atoms with Gasteiger partial charge in [-0.1, -0.05) is 31.0 Å². The van der Waals surface area contributed by atoms with Crippen molar-refractivity contribution in [2.24, 2.45) is 5.92 Å². The summed E-state index contributed by atoms with van der Waals surface area (Å²) in [5.74, 6) is 2.47. The van der Waals surface area contributed by atoms with Crippen LogP contribution in [0.3, 0.4) is 0 Å². The molecule has 7 nitrogen and oxygen atoms in total. The molecule has 2 heterocycles. The van der Waals surface area contributed by atoms with Crippen LogP contribution in [0, 0.1) is 5.92 Å². The van der Waals surface area contributed by atoms with Crippen molar-refractivity contribution in [2.75, 3.05) is 18.9 Å². The van der Waals surface area contributed by atoms with Crippen LogP contribution in [0.4, 0.5) is 0 Å². The van der Waals surface area contributed by atoms with Gasteiger partial charge in [-0.3, -0.25) is 14.3 Å². The minimum absolute atomic E-state index is 0.0345. The molecule has 0 unspecified atom stereocenters. The summed E-state index contributed by atoms with van der Waals surface area (Å²) in [6.07, 6.45) is 9.78. The predicted octanol–water partition coefficient (Wildman–Crippen LogP) is 4.52. The van der Waals surface area contributed by atoms with Crippen LogP contribution in [0.15, 0.2) is 53.9 Å². The van der Waals surface area contributed by atoms with Crippen molar-refractivity contribution in [3.05, 3.63) is 48.8 Å². The Bertz CT molecular complexity index is 1000. The molecule has 2 aromatic heterocycles. The Morgan fingerprint density at radius 1 is 1.09 bits per heavy atom. The van der Waals surface area contributed by atoms with Crippen molar-refractivity contribution < 1.29 is 9.53 Å². The van der Waals surface area contributed by atoms with Crippen LogP contribution in [-0.4, -0.2) is 44.6 Å². The zero-order chi connectivity index (χ0) is 22.2. The summed E-state index contributed by atoms with van der Waals surface area (Å²) in [6, 6.07) is 11.6. The highest BCUT2D eigenvalue weighted by Crippen LogP contribution is 2.29. The lowest BCUT2D eigenvalue weighted by Gasteiger charge is -2.21. The molecule has 1 saturated carbocycles. The number of nitrogens with zero attached hydrogens (tertiary/aromatic N) is 4. The molecule has 0 atom stereocenters. The molecule has 8 heteroatoms. The lowest BCUT2D eigenvalue weighted by Crippen LogP contribution is -2.31. The number of thioether (sulfide) groups is 1. The molecule has 3 aromatic rings. The van der Waals surface area contributed by atoms with Crippen molar-refractivity contribution in [2.45, 2.75) is 44.2 Å². The van der Waals surface area contributed by atoms with Crippen LogP contribution in [-0.2, 0) is 4.79 Å². The van der Waals surface area contributed by atoms with Crippen molar-refractivity contribution in [1.29, 1.82) is 0 Å². The molecule has 0 bridgehead atoms. The van der Waals surface area contributed by atoms with Gasteiger partial charge in [0.25, 0.3) is 0 Å². The first-order valence-corrected chi connectivity index (χ1v) is 12.2. The molecule has 1 aliphatic rings.